The number of rotatable bonds is 7. The van der Waals surface area contributed by atoms with E-state index >= 15 is 0 Å². The van der Waals surface area contributed by atoms with Gasteiger partial charge in [-0.1, -0.05) is 43.3 Å². The van der Waals surface area contributed by atoms with Gasteiger partial charge in [0, 0.05) is 16.5 Å². The number of nitrogens with one attached hydrogen (secondary N) is 1. The zero-order valence-corrected chi connectivity index (χ0v) is 19.4. The second-order valence-electron chi connectivity index (χ2n) is 7.20. The van der Waals surface area contributed by atoms with Crippen molar-refractivity contribution in [2.75, 3.05) is 27.1 Å². The number of methoxy groups -OCH3 is 3. The molecule has 0 bridgehead atoms. The number of hydrogen-bond donors (Lipinski definition) is 1. The van der Waals surface area contributed by atoms with Gasteiger partial charge in [0.2, 0.25) is 5.75 Å². The number of hydrazone groups is 1. The van der Waals surface area contributed by atoms with Crippen molar-refractivity contribution >= 4 is 28.5 Å². The van der Waals surface area contributed by atoms with Crippen LogP contribution in [0, 0.1) is 0 Å². The number of amidine groups is 1. The van der Waals surface area contributed by atoms with Crippen molar-refractivity contribution in [1.29, 1.82) is 0 Å². The van der Waals surface area contributed by atoms with Crippen LogP contribution in [0.3, 0.4) is 0 Å². The molecule has 9 heteroatoms. The van der Waals surface area contributed by atoms with Gasteiger partial charge in [0.1, 0.15) is 5.70 Å². The van der Waals surface area contributed by atoms with Crippen LogP contribution in [0.1, 0.15) is 31.5 Å². The lowest BCUT2D eigenvalue weighted by Crippen LogP contribution is -2.50. The summed E-state index contributed by atoms with van der Waals surface area (Å²) in [4.78, 5) is 18.1. The molecule has 2 aliphatic rings. The van der Waals surface area contributed by atoms with Gasteiger partial charge in [-0.3, -0.25) is 15.1 Å². The van der Waals surface area contributed by atoms with E-state index < -0.39 is 6.17 Å². The summed E-state index contributed by atoms with van der Waals surface area (Å²) in [6, 6.07) is 11.2. The number of hydrogen-bond acceptors (Lipinski definition) is 8. The Bertz CT molecular complexity index is 1180. The third-order valence-electron chi connectivity index (χ3n) is 5.26. The molecule has 2 aliphatic heterocycles. The predicted octanol–water partition coefficient (Wildman–Crippen LogP) is 2.39. The highest BCUT2D eigenvalue weighted by Crippen LogP contribution is 2.45. The summed E-state index contributed by atoms with van der Waals surface area (Å²) in [5.41, 5.74) is 1.17. The fourth-order valence-electron chi connectivity index (χ4n) is 3.74. The Morgan fingerprint density at radius 2 is 1.84 bits per heavy atom. The predicted molar refractivity (Wildman–Crippen MR) is 124 cm³/mol. The number of unbranched alkanes of at least 4 members (excludes halogenated alkanes) is 1. The van der Waals surface area contributed by atoms with Crippen LogP contribution < -0.4 is 30.1 Å². The lowest BCUT2D eigenvalue weighted by Gasteiger charge is -2.34. The van der Waals surface area contributed by atoms with E-state index in [-0.39, 0.29) is 5.91 Å². The van der Waals surface area contributed by atoms with Gasteiger partial charge in [0.25, 0.3) is 5.91 Å². The topological polar surface area (TPSA) is 84.8 Å². The molecule has 2 aromatic carbocycles. The summed E-state index contributed by atoms with van der Waals surface area (Å²) in [7, 11) is 4.70. The van der Waals surface area contributed by atoms with E-state index in [1.807, 2.05) is 30.3 Å². The molecule has 1 amide bonds. The smallest absolute Gasteiger partial charge is 0.276 e. The summed E-state index contributed by atoms with van der Waals surface area (Å²) in [6.45, 7) is 2.13. The number of fused-ring (bicyclic) bond motifs is 2. The number of nitrogens with zero attached hydrogens (tertiary/aromatic N) is 3. The molecular formula is C23H26N4O4S. The Labute approximate surface area is 190 Å². The minimum absolute atomic E-state index is 0.203. The molecular weight excluding hydrogens is 428 g/mol. The minimum atomic E-state index is -0.609. The zero-order chi connectivity index (χ0) is 22.7. The van der Waals surface area contributed by atoms with Gasteiger partial charge in [0.05, 0.1) is 26.7 Å². The van der Waals surface area contributed by atoms with Crippen molar-refractivity contribution in [3.05, 3.63) is 52.5 Å². The third kappa shape index (κ3) is 3.88. The van der Waals surface area contributed by atoms with Crippen molar-refractivity contribution in [3.63, 3.8) is 0 Å². The monoisotopic (exact) mass is 454 g/mol. The second-order valence-corrected chi connectivity index (χ2v) is 8.28. The van der Waals surface area contributed by atoms with Crippen LogP contribution in [-0.4, -0.2) is 43.2 Å². The highest BCUT2D eigenvalue weighted by Gasteiger charge is 2.36. The average molecular weight is 455 g/mol. The number of carbonyl (C=O) groups is 1. The number of benzene rings is 2. The number of amides is 1. The Morgan fingerprint density at radius 1 is 1.06 bits per heavy atom. The number of carbonyl (C=O) groups excluding carboxylic acids is 1. The van der Waals surface area contributed by atoms with Crippen molar-refractivity contribution in [3.8, 4) is 17.2 Å². The van der Waals surface area contributed by atoms with Gasteiger partial charge in [-0.05, 0) is 24.6 Å². The lowest BCUT2D eigenvalue weighted by molar-refractivity contribution is -0.116. The first-order chi connectivity index (χ1) is 15.6. The fraction of sp³-hybridized carbons (Fsp3) is 0.348. The van der Waals surface area contributed by atoms with E-state index in [1.54, 1.807) is 32.4 Å². The van der Waals surface area contributed by atoms with Crippen molar-refractivity contribution in [1.82, 2.24) is 10.3 Å². The van der Waals surface area contributed by atoms with E-state index in [0.717, 1.165) is 23.8 Å². The van der Waals surface area contributed by atoms with Crippen LogP contribution in [0.15, 0.2) is 46.5 Å². The van der Waals surface area contributed by atoms with Crippen molar-refractivity contribution in [2.24, 2.45) is 10.1 Å². The first-order valence-corrected chi connectivity index (χ1v) is 11.4. The quantitative estimate of drug-likeness (QED) is 0.647. The molecule has 0 aliphatic carbocycles. The molecule has 0 unspecified atom stereocenters. The minimum Gasteiger partial charge on any atom is -0.493 e. The van der Waals surface area contributed by atoms with Crippen LogP contribution in [0.2, 0.25) is 0 Å². The maximum absolute atomic E-state index is 13.2. The van der Waals surface area contributed by atoms with Gasteiger partial charge in [-0.25, -0.2) is 5.01 Å². The van der Waals surface area contributed by atoms with E-state index in [4.69, 9.17) is 24.3 Å². The molecule has 2 aromatic rings. The van der Waals surface area contributed by atoms with Crippen LogP contribution in [0.5, 0.6) is 17.2 Å². The first-order valence-electron chi connectivity index (χ1n) is 10.4. The first kappa shape index (κ1) is 22.0. The molecule has 1 N–H and O–H groups in total. The van der Waals surface area contributed by atoms with Crippen molar-refractivity contribution < 1.29 is 19.0 Å². The van der Waals surface area contributed by atoms with E-state index in [2.05, 4.69) is 12.2 Å². The summed E-state index contributed by atoms with van der Waals surface area (Å²) < 4.78 is 16.7. The third-order valence-corrected chi connectivity index (χ3v) is 6.21. The number of thioether (sulfide) groups is 1. The molecule has 32 heavy (non-hydrogen) atoms. The summed E-state index contributed by atoms with van der Waals surface area (Å²) in [6.07, 6.45) is 1.50. The second kappa shape index (κ2) is 9.52. The fourth-order valence-corrected chi connectivity index (χ4v) is 4.67. The zero-order valence-electron chi connectivity index (χ0n) is 18.5. The molecule has 1 atom stereocenters. The number of ether oxygens (including phenoxy) is 3. The Morgan fingerprint density at radius 3 is 2.56 bits per heavy atom. The molecule has 0 spiro atoms. The molecule has 0 fully saturated rings. The van der Waals surface area contributed by atoms with Gasteiger partial charge in [-0.15, -0.1) is 5.10 Å². The Balaban J connectivity index is 1.90. The van der Waals surface area contributed by atoms with Crippen LogP contribution in [0.25, 0.3) is 5.70 Å². The maximum Gasteiger partial charge on any atom is 0.276 e. The van der Waals surface area contributed by atoms with Crippen LogP contribution in [0.4, 0.5) is 0 Å². The van der Waals surface area contributed by atoms with Crippen LogP contribution >= 0.6 is 11.8 Å². The molecule has 2 heterocycles. The van der Waals surface area contributed by atoms with Gasteiger partial charge in [0.15, 0.2) is 22.8 Å². The molecule has 8 nitrogen and oxygen atoms in total. The summed E-state index contributed by atoms with van der Waals surface area (Å²) >= 11 is 1.53. The summed E-state index contributed by atoms with van der Waals surface area (Å²) in [5, 5.41) is 11.4. The Hall–Kier alpha value is -3.20. The average Bonchev–Trinajstić information content (AvgIpc) is 2.82. The molecule has 0 saturated heterocycles. The van der Waals surface area contributed by atoms with Crippen molar-refractivity contribution in [2.45, 2.75) is 25.9 Å². The number of para-hydroxylation sites is 1. The molecule has 0 radical (unpaired) electrons. The highest BCUT2D eigenvalue weighted by atomic mass is 32.2. The molecule has 0 aromatic heterocycles. The SMILES string of the molecule is CCCCSC1=NN2C(=c3ccccc3=N[C@@H]2c2ccc(OC)c(OC)c2OC)C(=O)N1. The normalized spacial score (nSPS) is 16.9. The van der Waals surface area contributed by atoms with Gasteiger partial charge in [-0.2, -0.15) is 0 Å². The molecule has 0 saturated carbocycles. The Kier molecular flexibility index (Phi) is 6.55. The molecule has 168 valence electrons. The molecule has 4 rings (SSSR count). The maximum atomic E-state index is 13.2. The summed E-state index contributed by atoms with van der Waals surface area (Å²) in [5.74, 6) is 2.17. The van der Waals surface area contributed by atoms with E-state index in [1.165, 1.54) is 11.8 Å². The lowest BCUT2D eigenvalue weighted by atomic mass is 10.1. The van der Waals surface area contributed by atoms with E-state index in [9.17, 15) is 4.79 Å². The van der Waals surface area contributed by atoms with Crippen LogP contribution in [-0.2, 0) is 4.79 Å². The van der Waals surface area contributed by atoms with Gasteiger partial charge >= 0.3 is 0 Å². The highest BCUT2D eigenvalue weighted by molar-refractivity contribution is 8.13. The van der Waals surface area contributed by atoms with Gasteiger partial charge < -0.3 is 14.2 Å². The largest absolute Gasteiger partial charge is 0.493 e. The van der Waals surface area contributed by atoms with E-state index in [0.29, 0.717) is 39.0 Å². The standard InChI is InChI=1S/C23H26N4O4S/c1-5-6-13-32-23-25-22(28)18-14-9-7-8-10-16(14)24-21(27(18)26-23)15-11-12-17(29-2)20(31-4)19(15)30-3/h7-12,21H,5-6,13H2,1-4H3,(H,25,26,28)/t21-/m0/s1.